The summed E-state index contributed by atoms with van der Waals surface area (Å²) >= 11 is 6.05. The Morgan fingerprint density at radius 3 is 2.61 bits per heavy atom. The number of alkyl halides is 3. The standard InChI is InChI=1S/C27H24ClF3N4O3/c1-25(2,20-9-17(18-10-32-15-33-11-18)8-16-5-7-38-23(16)20)13-26(37,27(29,30)31)14-35-12-21(28)22(36)19-4-3-6-34-24(19)35/h3-4,6,8-12,15,37H,5,7,13-14H2,1-2H3. The van der Waals surface area contributed by atoms with Crippen molar-refractivity contribution in [2.45, 2.75) is 50.4 Å². The van der Waals surface area contributed by atoms with Crippen LogP contribution in [-0.4, -0.2) is 43.0 Å². The highest BCUT2D eigenvalue weighted by molar-refractivity contribution is 6.31. The number of rotatable bonds is 6. The van der Waals surface area contributed by atoms with Crippen molar-refractivity contribution in [1.82, 2.24) is 19.5 Å². The molecule has 1 aliphatic rings. The van der Waals surface area contributed by atoms with E-state index in [-0.39, 0.29) is 16.1 Å². The van der Waals surface area contributed by atoms with E-state index >= 15 is 0 Å². The van der Waals surface area contributed by atoms with E-state index in [9.17, 15) is 23.1 Å². The van der Waals surface area contributed by atoms with Crippen LogP contribution in [0.2, 0.25) is 5.02 Å². The van der Waals surface area contributed by atoms with E-state index in [1.54, 1.807) is 32.3 Å². The summed E-state index contributed by atoms with van der Waals surface area (Å²) in [5.74, 6) is 0.527. The van der Waals surface area contributed by atoms with E-state index in [0.717, 1.165) is 21.9 Å². The van der Waals surface area contributed by atoms with Crippen molar-refractivity contribution in [2.75, 3.05) is 6.61 Å². The number of ether oxygens (including phenoxy) is 1. The average Bonchev–Trinajstić information content (AvgIpc) is 3.35. The Bertz CT molecular complexity index is 1570. The summed E-state index contributed by atoms with van der Waals surface area (Å²) in [4.78, 5) is 24.6. The highest BCUT2D eigenvalue weighted by Gasteiger charge is 2.56. The van der Waals surface area contributed by atoms with E-state index < -0.39 is 35.6 Å². The van der Waals surface area contributed by atoms with E-state index in [4.69, 9.17) is 16.3 Å². The average molecular weight is 545 g/mol. The maximum Gasteiger partial charge on any atom is 0.418 e. The van der Waals surface area contributed by atoms with Crippen LogP contribution in [0.5, 0.6) is 5.75 Å². The molecule has 0 amide bonds. The van der Waals surface area contributed by atoms with E-state index in [1.807, 2.05) is 6.07 Å². The number of fused-ring (bicyclic) bond motifs is 2. The van der Waals surface area contributed by atoms with Gasteiger partial charge < -0.3 is 14.4 Å². The number of aromatic nitrogens is 4. The van der Waals surface area contributed by atoms with Crippen molar-refractivity contribution in [1.29, 1.82) is 0 Å². The van der Waals surface area contributed by atoms with Gasteiger partial charge in [0.15, 0.2) is 5.60 Å². The lowest BCUT2D eigenvalue weighted by atomic mass is 9.73. The lowest BCUT2D eigenvalue weighted by Gasteiger charge is -2.39. The normalized spacial score (nSPS) is 15.2. The molecule has 0 radical (unpaired) electrons. The Labute approximate surface area is 220 Å². The molecule has 0 saturated carbocycles. The number of hydrogen-bond acceptors (Lipinski definition) is 6. The van der Waals surface area contributed by atoms with Crippen LogP contribution < -0.4 is 10.2 Å². The van der Waals surface area contributed by atoms with Crippen LogP contribution in [0.25, 0.3) is 22.2 Å². The van der Waals surface area contributed by atoms with Gasteiger partial charge in [-0.2, -0.15) is 13.2 Å². The van der Waals surface area contributed by atoms with E-state index in [2.05, 4.69) is 15.0 Å². The monoisotopic (exact) mass is 544 g/mol. The highest BCUT2D eigenvalue weighted by atomic mass is 35.5. The summed E-state index contributed by atoms with van der Waals surface area (Å²) in [5.41, 5.74) is -2.08. The van der Waals surface area contributed by atoms with Crippen molar-refractivity contribution in [3.63, 3.8) is 0 Å². The third-order valence-electron chi connectivity index (χ3n) is 6.89. The summed E-state index contributed by atoms with van der Waals surface area (Å²) in [6.07, 6.45) is 1.99. The van der Waals surface area contributed by atoms with Gasteiger partial charge in [-0.15, -0.1) is 0 Å². The molecule has 3 aromatic heterocycles. The van der Waals surface area contributed by atoms with Crippen molar-refractivity contribution in [2.24, 2.45) is 0 Å². The van der Waals surface area contributed by atoms with Gasteiger partial charge in [-0.25, -0.2) is 15.0 Å². The number of hydrogen-bond donors (Lipinski definition) is 1. The summed E-state index contributed by atoms with van der Waals surface area (Å²) < 4.78 is 50.8. The van der Waals surface area contributed by atoms with Crippen LogP contribution >= 0.6 is 11.6 Å². The summed E-state index contributed by atoms with van der Waals surface area (Å²) in [6.45, 7) is 2.77. The second-order valence-corrected chi connectivity index (χ2v) is 10.5. The number of nitrogens with zero attached hydrogens (tertiary/aromatic N) is 4. The first-order chi connectivity index (χ1) is 17.9. The fourth-order valence-electron chi connectivity index (χ4n) is 5.09. The zero-order chi connectivity index (χ0) is 27.3. The molecule has 0 aliphatic carbocycles. The van der Waals surface area contributed by atoms with Gasteiger partial charge in [-0.05, 0) is 47.2 Å². The highest BCUT2D eigenvalue weighted by Crippen LogP contribution is 2.47. The zero-order valence-corrected chi connectivity index (χ0v) is 21.3. The van der Waals surface area contributed by atoms with Crippen LogP contribution in [-0.2, 0) is 18.4 Å². The number of aliphatic hydroxyl groups is 1. The van der Waals surface area contributed by atoms with Gasteiger partial charge in [0.25, 0.3) is 0 Å². The first-order valence-electron chi connectivity index (χ1n) is 11.9. The molecule has 0 bridgehead atoms. The van der Waals surface area contributed by atoms with Gasteiger partial charge in [0, 0.05) is 42.3 Å². The second-order valence-electron chi connectivity index (χ2n) is 10.1. The zero-order valence-electron chi connectivity index (χ0n) is 20.6. The Hall–Kier alpha value is -3.50. The molecule has 198 valence electrons. The lowest BCUT2D eigenvalue weighted by molar-refractivity contribution is -0.271. The minimum absolute atomic E-state index is 0.00215. The van der Waals surface area contributed by atoms with Gasteiger partial charge in [0.05, 0.1) is 18.5 Å². The Balaban J connectivity index is 1.60. The van der Waals surface area contributed by atoms with Crippen molar-refractivity contribution >= 4 is 22.6 Å². The third kappa shape index (κ3) is 4.63. The molecule has 0 saturated heterocycles. The van der Waals surface area contributed by atoms with Crippen LogP contribution in [0.15, 0.2) is 60.2 Å². The molecule has 1 aliphatic heterocycles. The number of halogens is 4. The summed E-state index contributed by atoms with van der Waals surface area (Å²) in [5, 5.41) is 11.1. The smallest absolute Gasteiger partial charge is 0.418 e. The summed E-state index contributed by atoms with van der Waals surface area (Å²) in [6, 6.07) is 6.63. The Kier molecular flexibility index (Phi) is 6.43. The van der Waals surface area contributed by atoms with Crippen LogP contribution in [0.4, 0.5) is 13.2 Å². The maximum absolute atomic E-state index is 14.6. The predicted octanol–water partition coefficient (Wildman–Crippen LogP) is 5.10. The lowest BCUT2D eigenvalue weighted by Crippen LogP contribution is -2.52. The van der Waals surface area contributed by atoms with Gasteiger partial charge in [-0.1, -0.05) is 25.4 Å². The van der Waals surface area contributed by atoms with Crippen LogP contribution in [0.3, 0.4) is 0 Å². The molecular formula is C27H24ClF3N4O3. The molecule has 11 heteroatoms. The molecular weight excluding hydrogens is 521 g/mol. The van der Waals surface area contributed by atoms with E-state index in [1.165, 1.54) is 24.7 Å². The van der Waals surface area contributed by atoms with Gasteiger partial charge in [0.1, 0.15) is 22.7 Å². The molecule has 4 heterocycles. The molecule has 1 N–H and O–H groups in total. The summed E-state index contributed by atoms with van der Waals surface area (Å²) in [7, 11) is 0. The fourth-order valence-corrected chi connectivity index (χ4v) is 5.31. The Morgan fingerprint density at radius 2 is 1.89 bits per heavy atom. The molecule has 38 heavy (non-hydrogen) atoms. The van der Waals surface area contributed by atoms with E-state index in [0.29, 0.717) is 29.9 Å². The first-order valence-corrected chi connectivity index (χ1v) is 12.3. The fraction of sp³-hybridized carbons (Fsp3) is 0.333. The molecule has 1 unspecified atom stereocenters. The van der Waals surface area contributed by atoms with Gasteiger partial charge >= 0.3 is 6.18 Å². The Morgan fingerprint density at radius 1 is 1.16 bits per heavy atom. The first kappa shape index (κ1) is 26.1. The quantitative estimate of drug-likeness (QED) is 0.363. The minimum Gasteiger partial charge on any atom is -0.493 e. The van der Waals surface area contributed by atoms with Gasteiger partial charge in [0.2, 0.25) is 5.43 Å². The van der Waals surface area contributed by atoms with Crippen molar-refractivity contribution < 1.29 is 23.0 Å². The van der Waals surface area contributed by atoms with Crippen molar-refractivity contribution in [3.05, 3.63) is 81.8 Å². The SMILES string of the molecule is CC(C)(CC(O)(Cn1cc(Cl)c(=O)c2cccnc21)C(F)(F)F)c1cc(-c2cncnc2)cc2c1OCC2. The van der Waals surface area contributed by atoms with Crippen LogP contribution in [0.1, 0.15) is 31.4 Å². The number of pyridine rings is 2. The predicted molar refractivity (Wildman–Crippen MR) is 136 cm³/mol. The molecule has 5 rings (SSSR count). The molecule has 0 fully saturated rings. The van der Waals surface area contributed by atoms with Crippen LogP contribution in [0, 0.1) is 0 Å². The topological polar surface area (TPSA) is 90.1 Å². The van der Waals surface area contributed by atoms with Crippen molar-refractivity contribution in [3.8, 4) is 16.9 Å². The number of benzene rings is 1. The maximum atomic E-state index is 14.6. The second kappa shape index (κ2) is 9.36. The largest absolute Gasteiger partial charge is 0.493 e. The molecule has 1 aromatic carbocycles. The molecule has 7 nitrogen and oxygen atoms in total. The van der Waals surface area contributed by atoms with Gasteiger partial charge in [-0.3, -0.25) is 4.79 Å². The minimum atomic E-state index is -5.02. The molecule has 4 aromatic rings. The third-order valence-corrected chi connectivity index (χ3v) is 7.16. The molecule has 0 spiro atoms. The molecule has 1 atom stereocenters.